The molecule has 0 N–H and O–H groups in total. The Labute approximate surface area is 188 Å². The highest BCUT2D eigenvalue weighted by molar-refractivity contribution is 7.22. The highest BCUT2D eigenvalue weighted by atomic mass is 32.1. The number of fused-ring (bicyclic) bond motifs is 1. The number of carbonyl (C=O) groups is 1. The van der Waals surface area contributed by atoms with Crippen molar-refractivity contribution < 1.29 is 9.53 Å². The lowest BCUT2D eigenvalue weighted by Gasteiger charge is -2.34. The van der Waals surface area contributed by atoms with Gasteiger partial charge in [-0.1, -0.05) is 44.1 Å². The first kappa shape index (κ1) is 21.6. The van der Waals surface area contributed by atoms with Gasteiger partial charge in [0.25, 0.3) is 5.91 Å². The number of anilines is 1. The Bertz CT molecular complexity index is 1010. The van der Waals surface area contributed by atoms with Gasteiger partial charge >= 0.3 is 0 Å². The SMILES string of the molecule is CCCCCOc1ccc(C(=O)N2CCN(c3nc4ccc(CC)cc4s3)CC2)cc1. The molecule has 0 radical (unpaired) electrons. The van der Waals surface area contributed by atoms with Gasteiger partial charge in [-0.2, -0.15) is 0 Å². The van der Waals surface area contributed by atoms with E-state index in [4.69, 9.17) is 9.72 Å². The van der Waals surface area contributed by atoms with Crippen molar-refractivity contribution >= 4 is 32.6 Å². The fourth-order valence-corrected chi connectivity index (χ4v) is 4.91. The molecule has 0 spiro atoms. The lowest BCUT2D eigenvalue weighted by molar-refractivity contribution is 0.0746. The first-order valence-electron chi connectivity index (χ1n) is 11.3. The highest BCUT2D eigenvalue weighted by Crippen LogP contribution is 2.30. The zero-order valence-electron chi connectivity index (χ0n) is 18.5. The maximum absolute atomic E-state index is 12.9. The molecule has 1 fully saturated rings. The molecule has 1 saturated heterocycles. The summed E-state index contributed by atoms with van der Waals surface area (Å²) in [5.41, 5.74) is 3.13. The number of amides is 1. The Morgan fingerprint density at radius 3 is 2.52 bits per heavy atom. The maximum Gasteiger partial charge on any atom is 0.253 e. The van der Waals surface area contributed by atoms with Crippen LogP contribution in [0.2, 0.25) is 0 Å². The molecule has 2 heterocycles. The van der Waals surface area contributed by atoms with Crippen molar-refractivity contribution in [3.8, 4) is 5.75 Å². The number of ether oxygens (including phenoxy) is 1. The molecule has 1 aliphatic rings. The Morgan fingerprint density at radius 2 is 1.81 bits per heavy atom. The van der Waals surface area contributed by atoms with Crippen molar-refractivity contribution in [2.24, 2.45) is 0 Å². The van der Waals surface area contributed by atoms with Gasteiger partial charge in [-0.3, -0.25) is 4.79 Å². The summed E-state index contributed by atoms with van der Waals surface area (Å²) in [6, 6.07) is 14.1. The number of aromatic nitrogens is 1. The van der Waals surface area contributed by atoms with E-state index in [1.807, 2.05) is 29.2 Å². The van der Waals surface area contributed by atoms with Gasteiger partial charge in [0.2, 0.25) is 0 Å². The van der Waals surface area contributed by atoms with Crippen LogP contribution in [-0.4, -0.2) is 48.6 Å². The molecule has 5 nitrogen and oxygen atoms in total. The number of unbranched alkanes of at least 4 members (excludes halogenated alkanes) is 2. The van der Waals surface area contributed by atoms with Crippen LogP contribution in [0, 0.1) is 0 Å². The topological polar surface area (TPSA) is 45.7 Å². The lowest BCUT2D eigenvalue weighted by atomic mass is 10.1. The summed E-state index contributed by atoms with van der Waals surface area (Å²) in [5, 5.41) is 1.06. The van der Waals surface area contributed by atoms with Gasteiger partial charge in [0.1, 0.15) is 5.75 Å². The van der Waals surface area contributed by atoms with Crippen LogP contribution >= 0.6 is 11.3 Å². The van der Waals surface area contributed by atoms with Crippen LogP contribution in [0.5, 0.6) is 5.75 Å². The molecule has 1 amide bonds. The van der Waals surface area contributed by atoms with Gasteiger partial charge in [0.05, 0.1) is 16.8 Å². The third kappa shape index (κ3) is 5.18. The van der Waals surface area contributed by atoms with Crippen LogP contribution in [-0.2, 0) is 6.42 Å². The smallest absolute Gasteiger partial charge is 0.253 e. The minimum Gasteiger partial charge on any atom is -0.494 e. The fourth-order valence-electron chi connectivity index (χ4n) is 3.83. The van der Waals surface area contributed by atoms with E-state index in [0.717, 1.165) is 54.5 Å². The van der Waals surface area contributed by atoms with Crippen LogP contribution in [0.1, 0.15) is 49.0 Å². The van der Waals surface area contributed by atoms with Crippen molar-refractivity contribution in [3.05, 3.63) is 53.6 Å². The number of thiazole rings is 1. The molecule has 1 aromatic heterocycles. The van der Waals surface area contributed by atoms with Gasteiger partial charge < -0.3 is 14.5 Å². The molecule has 0 bridgehead atoms. The van der Waals surface area contributed by atoms with Crippen molar-refractivity contribution in [3.63, 3.8) is 0 Å². The molecule has 3 aromatic rings. The second-order valence-corrected chi connectivity index (χ2v) is 9.02. The predicted molar refractivity (Wildman–Crippen MR) is 129 cm³/mol. The van der Waals surface area contributed by atoms with Crippen molar-refractivity contribution in [1.29, 1.82) is 0 Å². The van der Waals surface area contributed by atoms with E-state index in [2.05, 4.69) is 36.9 Å². The molecule has 0 saturated carbocycles. The van der Waals surface area contributed by atoms with Crippen LogP contribution in [0.4, 0.5) is 5.13 Å². The third-order valence-electron chi connectivity index (χ3n) is 5.81. The Kier molecular flexibility index (Phi) is 7.07. The second-order valence-electron chi connectivity index (χ2n) is 8.01. The number of carbonyl (C=O) groups excluding carboxylic acids is 1. The maximum atomic E-state index is 12.9. The fraction of sp³-hybridized carbons (Fsp3) is 0.440. The summed E-state index contributed by atoms with van der Waals surface area (Å²) in [5.74, 6) is 0.925. The molecular weight excluding hydrogens is 406 g/mol. The van der Waals surface area contributed by atoms with E-state index in [9.17, 15) is 4.79 Å². The minimum absolute atomic E-state index is 0.0917. The molecule has 31 heavy (non-hydrogen) atoms. The quantitative estimate of drug-likeness (QED) is 0.443. The molecular formula is C25H31N3O2S. The van der Waals surface area contributed by atoms with E-state index in [1.165, 1.54) is 23.1 Å². The zero-order chi connectivity index (χ0) is 21.6. The third-order valence-corrected chi connectivity index (χ3v) is 6.88. The molecule has 164 valence electrons. The van der Waals surface area contributed by atoms with E-state index < -0.39 is 0 Å². The van der Waals surface area contributed by atoms with Crippen LogP contribution in [0.15, 0.2) is 42.5 Å². The normalized spacial score (nSPS) is 14.3. The number of nitrogens with zero attached hydrogens (tertiary/aromatic N) is 3. The number of hydrogen-bond acceptors (Lipinski definition) is 5. The summed E-state index contributed by atoms with van der Waals surface area (Å²) in [6.45, 7) is 8.13. The number of benzene rings is 2. The first-order chi connectivity index (χ1) is 15.2. The van der Waals surface area contributed by atoms with Crippen molar-refractivity contribution in [1.82, 2.24) is 9.88 Å². The Hall–Kier alpha value is -2.60. The Balaban J connectivity index is 1.32. The van der Waals surface area contributed by atoms with E-state index in [1.54, 1.807) is 11.3 Å². The molecule has 6 heteroatoms. The Morgan fingerprint density at radius 1 is 1.03 bits per heavy atom. The van der Waals surface area contributed by atoms with Gasteiger partial charge in [-0.05, 0) is 54.8 Å². The monoisotopic (exact) mass is 437 g/mol. The van der Waals surface area contributed by atoms with Crippen LogP contribution in [0.25, 0.3) is 10.2 Å². The minimum atomic E-state index is 0.0917. The summed E-state index contributed by atoms with van der Waals surface area (Å²) in [7, 11) is 0. The molecule has 2 aromatic carbocycles. The van der Waals surface area contributed by atoms with Gasteiger partial charge in [0.15, 0.2) is 5.13 Å². The van der Waals surface area contributed by atoms with Crippen LogP contribution < -0.4 is 9.64 Å². The standard InChI is InChI=1S/C25H31N3O2S/c1-3-5-6-17-30-21-10-8-20(9-11-21)24(29)27-13-15-28(16-14-27)25-26-22-12-7-19(4-2)18-23(22)31-25/h7-12,18H,3-6,13-17H2,1-2H3. The summed E-state index contributed by atoms with van der Waals surface area (Å²) >= 11 is 1.75. The molecule has 0 aliphatic carbocycles. The predicted octanol–water partition coefficient (Wildman–Crippen LogP) is 5.39. The summed E-state index contributed by atoms with van der Waals surface area (Å²) in [4.78, 5) is 22.0. The number of piperazine rings is 1. The lowest BCUT2D eigenvalue weighted by Crippen LogP contribution is -2.48. The summed E-state index contributed by atoms with van der Waals surface area (Å²) < 4.78 is 6.99. The van der Waals surface area contributed by atoms with Crippen molar-refractivity contribution in [2.75, 3.05) is 37.7 Å². The molecule has 4 rings (SSSR count). The van der Waals surface area contributed by atoms with E-state index >= 15 is 0 Å². The van der Waals surface area contributed by atoms with Gasteiger partial charge in [-0.25, -0.2) is 4.98 Å². The highest BCUT2D eigenvalue weighted by Gasteiger charge is 2.24. The summed E-state index contributed by atoms with van der Waals surface area (Å²) in [6.07, 6.45) is 4.47. The molecule has 0 unspecified atom stereocenters. The molecule has 0 atom stereocenters. The van der Waals surface area contributed by atoms with E-state index in [-0.39, 0.29) is 5.91 Å². The average Bonchev–Trinajstić information content (AvgIpc) is 3.25. The van der Waals surface area contributed by atoms with Gasteiger partial charge in [-0.15, -0.1) is 0 Å². The van der Waals surface area contributed by atoms with Crippen LogP contribution in [0.3, 0.4) is 0 Å². The largest absolute Gasteiger partial charge is 0.494 e. The number of hydrogen-bond donors (Lipinski definition) is 0. The first-order valence-corrected chi connectivity index (χ1v) is 12.2. The zero-order valence-corrected chi connectivity index (χ0v) is 19.3. The number of aryl methyl sites for hydroxylation is 1. The number of rotatable bonds is 8. The molecule has 1 aliphatic heterocycles. The average molecular weight is 438 g/mol. The second kappa shape index (κ2) is 10.1. The van der Waals surface area contributed by atoms with Crippen molar-refractivity contribution in [2.45, 2.75) is 39.5 Å². The van der Waals surface area contributed by atoms with E-state index in [0.29, 0.717) is 13.1 Å². The van der Waals surface area contributed by atoms with Gasteiger partial charge in [0, 0.05) is 31.7 Å².